The van der Waals surface area contributed by atoms with Gasteiger partial charge < -0.3 is 4.90 Å². The lowest BCUT2D eigenvalue weighted by Gasteiger charge is -2.37. The van der Waals surface area contributed by atoms with E-state index >= 15 is 0 Å². The van der Waals surface area contributed by atoms with E-state index < -0.39 is 0 Å². The van der Waals surface area contributed by atoms with Gasteiger partial charge in [0.25, 0.3) is 0 Å². The summed E-state index contributed by atoms with van der Waals surface area (Å²) in [6.45, 7) is 7.23. The molecule has 0 spiro atoms. The molecule has 3 aromatic rings. The highest BCUT2D eigenvalue weighted by atomic mass is 19.1. The van der Waals surface area contributed by atoms with Gasteiger partial charge in [0.15, 0.2) is 0 Å². The van der Waals surface area contributed by atoms with Crippen molar-refractivity contribution in [2.45, 2.75) is 39.7 Å². The van der Waals surface area contributed by atoms with E-state index in [4.69, 9.17) is 4.98 Å². The van der Waals surface area contributed by atoms with E-state index in [-0.39, 0.29) is 11.9 Å². The first-order valence-electron chi connectivity index (χ1n) is 9.46. The first kappa shape index (κ1) is 17.7. The summed E-state index contributed by atoms with van der Waals surface area (Å²) in [5.41, 5.74) is 5.45. The number of halogens is 1. The van der Waals surface area contributed by atoms with E-state index in [1.54, 1.807) is 12.1 Å². The highest BCUT2D eigenvalue weighted by Crippen LogP contribution is 2.34. The number of fused-ring (bicyclic) bond motifs is 1. The molecule has 0 radical (unpaired) electrons. The van der Waals surface area contributed by atoms with Gasteiger partial charge >= 0.3 is 0 Å². The quantitative estimate of drug-likeness (QED) is 0.661. The van der Waals surface area contributed by atoms with Crippen LogP contribution >= 0.6 is 0 Å². The average Bonchev–Trinajstić information content (AvgIpc) is 2.67. The second-order valence-corrected chi connectivity index (χ2v) is 7.26. The number of aromatic nitrogens is 2. The van der Waals surface area contributed by atoms with Crippen molar-refractivity contribution < 1.29 is 4.39 Å². The fourth-order valence-corrected chi connectivity index (χ4v) is 3.90. The van der Waals surface area contributed by atoms with Crippen LogP contribution in [0.1, 0.15) is 46.7 Å². The lowest BCUT2D eigenvalue weighted by Crippen LogP contribution is -2.35. The number of anilines is 1. The van der Waals surface area contributed by atoms with Crippen LogP contribution in [0.2, 0.25) is 0 Å². The molecule has 0 bridgehead atoms. The first-order chi connectivity index (χ1) is 13.0. The lowest BCUT2D eigenvalue weighted by atomic mass is 9.93. The van der Waals surface area contributed by atoms with Crippen molar-refractivity contribution in [2.75, 3.05) is 11.4 Å². The zero-order valence-electron chi connectivity index (χ0n) is 16.0. The fraction of sp³-hybridized carbons (Fsp3) is 0.304. The van der Waals surface area contributed by atoms with Crippen molar-refractivity contribution in [1.29, 1.82) is 0 Å². The Hall–Kier alpha value is -2.75. The van der Waals surface area contributed by atoms with E-state index in [1.165, 1.54) is 17.2 Å². The molecular formula is C23H24FN3. The SMILES string of the molecule is Cc1nc(Cc2ccccc2F)nc(N2CCc3ccccc3C2C)c1C. The van der Waals surface area contributed by atoms with Crippen LogP contribution in [0.5, 0.6) is 0 Å². The van der Waals surface area contributed by atoms with Gasteiger partial charge in [-0.1, -0.05) is 42.5 Å². The summed E-state index contributed by atoms with van der Waals surface area (Å²) >= 11 is 0. The molecule has 1 unspecified atom stereocenters. The molecule has 1 aliphatic heterocycles. The third kappa shape index (κ3) is 3.32. The number of nitrogens with zero attached hydrogens (tertiary/aromatic N) is 3. The minimum absolute atomic E-state index is 0.207. The Morgan fingerprint density at radius 3 is 2.59 bits per heavy atom. The Kier molecular flexibility index (Phi) is 4.65. The third-order valence-corrected chi connectivity index (χ3v) is 5.58. The van der Waals surface area contributed by atoms with Crippen LogP contribution in [0.3, 0.4) is 0 Å². The lowest BCUT2D eigenvalue weighted by molar-refractivity contribution is 0.605. The Balaban J connectivity index is 1.71. The van der Waals surface area contributed by atoms with Crippen LogP contribution in [0.15, 0.2) is 48.5 Å². The van der Waals surface area contributed by atoms with Crippen LogP contribution < -0.4 is 4.90 Å². The van der Waals surface area contributed by atoms with E-state index in [2.05, 4.69) is 48.0 Å². The largest absolute Gasteiger partial charge is 0.349 e. The van der Waals surface area contributed by atoms with Gasteiger partial charge in [0, 0.05) is 24.2 Å². The molecule has 2 aromatic carbocycles. The summed E-state index contributed by atoms with van der Waals surface area (Å²) in [4.78, 5) is 11.9. The Morgan fingerprint density at radius 2 is 1.78 bits per heavy atom. The maximum absolute atomic E-state index is 14.1. The summed E-state index contributed by atoms with van der Waals surface area (Å²) in [5.74, 6) is 1.43. The van der Waals surface area contributed by atoms with Gasteiger partial charge in [0.1, 0.15) is 17.5 Å². The molecule has 0 saturated heterocycles. The summed E-state index contributed by atoms with van der Waals surface area (Å²) in [6, 6.07) is 15.7. The Morgan fingerprint density at radius 1 is 1.04 bits per heavy atom. The molecule has 2 heterocycles. The van der Waals surface area contributed by atoms with Gasteiger partial charge in [-0.25, -0.2) is 14.4 Å². The zero-order valence-corrected chi connectivity index (χ0v) is 16.0. The summed E-state index contributed by atoms with van der Waals surface area (Å²) < 4.78 is 14.1. The van der Waals surface area contributed by atoms with Crippen LogP contribution in [-0.2, 0) is 12.8 Å². The van der Waals surface area contributed by atoms with E-state index in [1.807, 2.05) is 13.0 Å². The molecule has 0 aliphatic carbocycles. The normalized spacial score (nSPS) is 16.3. The van der Waals surface area contributed by atoms with Gasteiger partial charge in [0.2, 0.25) is 0 Å². The molecule has 1 aromatic heterocycles. The predicted molar refractivity (Wildman–Crippen MR) is 107 cm³/mol. The minimum Gasteiger partial charge on any atom is -0.349 e. The molecule has 0 saturated carbocycles. The molecular weight excluding hydrogens is 337 g/mol. The highest BCUT2D eigenvalue weighted by Gasteiger charge is 2.26. The van der Waals surface area contributed by atoms with Gasteiger partial charge in [-0.05, 0) is 49.9 Å². The molecule has 0 amide bonds. The molecule has 0 N–H and O–H groups in total. The van der Waals surface area contributed by atoms with Gasteiger partial charge in [-0.2, -0.15) is 0 Å². The Labute approximate surface area is 159 Å². The summed E-state index contributed by atoms with van der Waals surface area (Å²) in [5, 5.41) is 0. The number of hydrogen-bond acceptors (Lipinski definition) is 3. The number of hydrogen-bond donors (Lipinski definition) is 0. The molecule has 4 heteroatoms. The molecule has 4 rings (SSSR count). The van der Waals surface area contributed by atoms with Gasteiger partial charge in [0.05, 0.1) is 6.04 Å². The molecule has 0 fully saturated rings. The summed E-state index contributed by atoms with van der Waals surface area (Å²) in [6.07, 6.45) is 1.41. The molecule has 27 heavy (non-hydrogen) atoms. The topological polar surface area (TPSA) is 29.0 Å². The van der Waals surface area contributed by atoms with Crippen molar-refractivity contribution in [3.63, 3.8) is 0 Å². The highest BCUT2D eigenvalue weighted by molar-refractivity contribution is 5.53. The maximum atomic E-state index is 14.1. The standard InChI is InChI=1S/C23H24FN3/c1-15-16(2)25-22(14-19-9-5-7-11-21(19)24)26-23(15)27-13-12-18-8-4-6-10-20(18)17(27)3/h4-11,17H,12-14H2,1-3H3. The smallest absolute Gasteiger partial charge is 0.136 e. The van der Waals surface area contributed by atoms with Gasteiger partial charge in [-0.15, -0.1) is 0 Å². The van der Waals surface area contributed by atoms with Crippen LogP contribution in [0, 0.1) is 19.7 Å². The Bertz CT molecular complexity index is 983. The van der Waals surface area contributed by atoms with Crippen molar-refractivity contribution in [2.24, 2.45) is 0 Å². The number of aryl methyl sites for hydroxylation is 1. The number of benzene rings is 2. The van der Waals surface area contributed by atoms with Crippen molar-refractivity contribution in [1.82, 2.24) is 9.97 Å². The fourth-order valence-electron chi connectivity index (χ4n) is 3.90. The zero-order chi connectivity index (χ0) is 19.0. The van der Waals surface area contributed by atoms with E-state index in [0.717, 1.165) is 30.0 Å². The third-order valence-electron chi connectivity index (χ3n) is 5.58. The van der Waals surface area contributed by atoms with E-state index in [9.17, 15) is 4.39 Å². The van der Waals surface area contributed by atoms with Crippen molar-refractivity contribution in [3.8, 4) is 0 Å². The second-order valence-electron chi connectivity index (χ2n) is 7.26. The van der Waals surface area contributed by atoms with Crippen molar-refractivity contribution >= 4 is 5.82 Å². The monoisotopic (exact) mass is 361 g/mol. The molecule has 138 valence electrons. The van der Waals surface area contributed by atoms with Gasteiger partial charge in [-0.3, -0.25) is 0 Å². The minimum atomic E-state index is -0.207. The van der Waals surface area contributed by atoms with Crippen molar-refractivity contribution in [3.05, 3.63) is 88.1 Å². The molecule has 1 aliphatic rings. The predicted octanol–water partition coefficient (Wildman–Crippen LogP) is 4.95. The maximum Gasteiger partial charge on any atom is 0.136 e. The first-order valence-corrected chi connectivity index (χ1v) is 9.46. The molecule has 1 atom stereocenters. The van der Waals surface area contributed by atoms with Crippen LogP contribution in [0.4, 0.5) is 10.2 Å². The van der Waals surface area contributed by atoms with E-state index in [0.29, 0.717) is 17.8 Å². The molecule has 3 nitrogen and oxygen atoms in total. The van der Waals surface area contributed by atoms with Crippen LogP contribution in [-0.4, -0.2) is 16.5 Å². The second kappa shape index (κ2) is 7.10. The summed E-state index contributed by atoms with van der Waals surface area (Å²) in [7, 11) is 0. The van der Waals surface area contributed by atoms with Crippen LogP contribution in [0.25, 0.3) is 0 Å². The average molecular weight is 361 g/mol. The number of rotatable bonds is 3.